The maximum Gasteiger partial charge on any atom is 0.262 e. The molecule has 0 bridgehead atoms. The summed E-state index contributed by atoms with van der Waals surface area (Å²) in [6, 6.07) is 22.1. The summed E-state index contributed by atoms with van der Waals surface area (Å²) in [4.78, 5) is 12.2. The number of hydrogen-bond acceptors (Lipinski definition) is 2. The van der Waals surface area contributed by atoms with E-state index in [1.165, 1.54) is 5.56 Å². The Balaban J connectivity index is 1.59. The quantitative estimate of drug-likeness (QED) is 0.682. The molecule has 3 heteroatoms. The minimum atomic E-state index is -0.162. The first-order valence-electron chi connectivity index (χ1n) is 8.69. The van der Waals surface area contributed by atoms with Gasteiger partial charge >= 0.3 is 0 Å². The van der Waals surface area contributed by atoms with Crippen LogP contribution in [-0.4, -0.2) is 12.5 Å². The summed E-state index contributed by atoms with van der Waals surface area (Å²) in [5, 5.41) is 2.93. The van der Waals surface area contributed by atoms with Crippen LogP contribution in [0.3, 0.4) is 0 Å². The van der Waals surface area contributed by atoms with Gasteiger partial charge in [-0.2, -0.15) is 0 Å². The van der Waals surface area contributed by atoms with Gasteiger partial charge in [0.05, 0.1) is 0 Å². The fourth-order valence-corrected chi connectivity index (χ4v) is 2.83. The molecule has 3 aromatic carbocycles. The van der Waals surface area contributed by atoms with Crippen LogP contribution in [0.4, 0.5) is 5.69 Å². The van der Waals surface area contributed by atoms with Gasteiger partial charge < -0.3 is 10.1 Å². The van der Waals surface area contributed by atoms with Gasteiger partial charge in [-0.3, -0.25) is 4.79 Å². The molecule has 0 radical (unpaired) electrons. The van der Waals surface area contributed by atoms with Crippen LogP contribution in [-0.2, 0) is 4.79 Å². The number of para-hydroxylation sites is 1. The van der Waals surface area contributed by atoms with E-state index in [1.54, 1.807) is 0 Å². The molecule has 3 aromatic rings. The lowest BCUT2D eigenvalue weighted by Gasteiger charge is -2.12. The Kier molecular flexibility index (Phi) is 5.37. The second kappa shape index (κ2) is 7.87. The van der Waals surface area contributed by atoms with Crippen LogP contribution in [0.5, 0.6) is 5.75 Å². The fourth-order valence-electron chi connectivity index (χ4n) is 2.83. The molecule has 0 fully saturated rings. The van der Waals surface area contributed by atoms with Crippen LogP contribution < -0.4 is 10.1 Å². The van der Waals surface area contributed by atoms with Gasteiger partial charge in [-0.25, -0.2) is 0 Å². The summed E-state index contributed by atoms with van der Waals surface area (Å²) < 4.78 is 5.62. The zero-order chi connectivity index (χ0) is 18.5. The molecule has 0 saturated carbocycles. The highest BCUT2D eigenvalue weighted by Gasteiger charge is 2.08. The molecule has 0 aliphatic carbocycles. The van der Waals surface area contributed by atoms with Crippen LogP contribution in [0.15, 0.2) is 66.7 Å². The van der Waals surface area contributed by atoms with Crippen LogP contribution in [0.25, 0.3) is 11.1 Å². The first kappa shape index (κ1) is 17.7. The number of rotatable bonds is 5. The van der Waals surface area contributed by atoms with Gasteiger partial charge in [0.15, 0.2) is 6.61 Å². The smallest absolute Gasteiger partial charge is 0.262 e. The molecule has 0 aromatic heterocycles. The zero-order valence-corrected chi connectivity index (χ0v) is 15.4. The van der Waals surface area contributed by atoms with Gasteiger partial charge in [-0.15, -0.1) is 0 Å². The molecule has 1 amide bonds. The highest BCUT2D eigenvalue weighted by atomic mass is 16.5. The number of hydrogen-bond donors (Lipinski definition) is 1. The molecule has 0 saturated heterocycles. The van der Waals surface area contributed by atoms with Crippen molar-refractivity contribution in [2.24, 2.45) is 0 Å². The van der Waals surface area contributed by atoms with E-state index in [0.717, 1.165) is 27.9 Å². The summed E-state index contributed by atoms with van der Waals surface area (Å²) in [5.74, 6) is 0.516. The van der Waals surface area contributed by atoms with E-state index < -0.39 is 0 Å². The monoisotopic (exact) mass is 345 g/mol. The van der Waals surface area contributed by atoms with Gasteiger partial charge in [0.25, 0.3) is 5.91 Å². The topological polar surface area (TPSA) is 38.3 Å². The third-order valence-electron chi connectivity index (χ3n) is 4.35. The number of carbonyl (C=O) groups excluding carboxylic acids is 1. The van der Waals surface area contributed by atoms with Crippen molar-refractivity contribution in [3.63, 3.8) is 0 Å². The van der Waals surface area contributed by atoms with Gasteiger partial charge in [-0.05, 0) is 55.2 Å². The van der Waals surface area contributed by atoms with Crippen LogP contribution in [0.1, 0.15) is 16.7 Å². The fraction of sp³-hybridized carbons (Fsp3) is 0.174. The Hall–Kier alpha value is -3.07. The minimum Gasteiger partial charge on any atom is -0.484 e. The Labute approximate surface area is 154 Å². The van der Waals surface area contributed by atoms with E-state index in [1.807, 2.05) is 56.3 Å². The zero-order valence-electron chi connectivity index (χ0n) is 15.4. The number of carbonyl (C=O) groups is 1. The molecule has 0 heterocycles. The molecule has 0 aliphatic heterocycles. The molecule has 132 valence electrons. The standard InChI is InChI=1S/C23H23NO2/c1-16-7-9-19(10-8-16)20-11-13-21(14-12-20)26-15-22(25)24-23-17(2)5-4-6-18(23)3/h4-14H,15H2,1-3H3,(H,24,25). The Bertz CT molecular complexity index is 876. The average Bonchev–Trinajstić information content (AvgIpc) is 2.64. The van der Waals surface area contributed by atoms with Gasteiger partial charge in [-0.1, -0.05) is 60.2 Å². The molecule has 0 atom stereocenters. The van der Waals surface area contributed by atoms with Crippen molar-refractivity contribution < 1.29 is 9.53 Å². The summed E-state index contributed by atoms with van der Waals surface area (Å²) in [6.45, 7) is 6.02. The molecule has 0 unspecified atom stereocenters. The molecule has 3 rings (SSSR count). The lowest BCUT2D eigenvalue weighted by molar-refractivity contribution is -0.118. The summed E-state index contributed by atoms with van der Waals surface area (Å²) in [7, 11) is 0. The normalized spacial score (nSPS) is 10.4. The highest BCUT2D eigenvalue weighted by molar-refractivity contribution is 5.93. The summed E-state index contributed by atoms with van der Waals surface area (Å²) >= 11 is 0. The Morgan fingerprint density at radius 2 is 1.35 bits per heavy atom. The van der Waals surface area contributed by atoms with Crippen molar-refractivity contribution in [3.8, 4) is 16.9 Å². The minimum absolute atomic E-state index is 0.0162. The predicted octanol–water partition coefficient (Wildman–Crippen LogP) is 5.30. The van der Waals surface area contributed by atoms with Crippen molar-refractivity contribution >= 4 is 11.6 Å². The van der Waals surface area contributed by atoms with E-state index >= 15 is 0 Å². The maximum absolute atomic E-state index is 12.2. The number of anilines is 1. The predicted molar refractivity (Wildman–Crippen MR) is 107 cm³/mol. The third kappa shape index (κ3) is 4.31. The lowest BCUT2D eigenvalue weighted by Crippen LogP contribution is -2.21. The van der Waals surface area contributed by atoms with Crippen molar-refractivity contribution in [2.45, 2.75) is 20.8 Å². The molecular weight excluding hydrogens is 322 g/mol. The Morgan fingerprint density at radius 3 is 1.92 bits per heavy atom. The lowest BCUT2D eigenvalue weighted by atomic mass is 10.0. The maximum atomic E-state index is 12.2. The van der Waals surface area contributed by atoms with E-state index in [4.69, 9.17) is 4.74 Å². The van der Waals surface area contributed by atoms with Gasteiger partial charge in [0, 0.05) is 5.69 Å². The second-order valence-corrected chi connectivity index (χ2v) is 6.49. The SMILES string of the molecule is Cc1ccc(-c2ccc(OCC(=O)Nc3c(C)cccc3C)cc2)cc1. The number of nitrogens with one attached hydrogen (secondary N) is 1. The van der Waals surface area contributed by atoms with Crippen LogP contribution >= 0.6 is 0 Å². The second-order valence-electron chi connectivity index (χ2n) is 6.49. The molecule has 1 N–H and O–H groups in total. The number of benzene rings is 3. The van der Waals surface area contributed by atoms with Crippen molar-refractivity contribution in [3.05, 3.63) is 83.4 Å². The highest BCUT2D eigenvalue weighted by Crippen LogP contribution is 2.23. The molecular formula is C23H23NO2. The summed E-state index contributed by atoms with van der Waals surface area (Å²) in [5.41, 5.74) is 6.47. The number of ether oxygens (including phenoxy) is 1. The van der Waals surface area contributed by atoms with Gasteiger partial charge in [0.2, 0.25) is 0 Å². The number of aryl methyl sites for hydroxylation is 3. The van der Waals surface area contributed by atoms with E-state index in [0.29, 0.717) is 5.75 Å². The largest absolute Gasteiger partial charge is 0.484 e. The first-order chi connectivity index (χ1) is 12.5. The third-order valence-corrected chi connectivity index (χ3v) is 4.35. The first-order valence-corrected chi connectivity index (χ1v) is 8.69. The van der Waals surface area contributed by atoms with E-state index in [2.05, 4.69) is 36.5 Å². The van der Waals surface area contributed by atoms with Crippen LogP contribution in [0.2, 0.25) is 0 Å². The summed E-state index contributed by atoms with van der Waals surface area (Å²) in [6.07, 6.45) is 0. The van der Waals surface area contributed by atoms with E-state index in [9.17, 15) is 4.79 Å². The van der Waals surface area contributed by atoms with Crippen LogP contribution in [0, 0.1) is 20.8 Å². The number of amides is 1. The average molecular weight is 345 g/mol. The molecule has 26 heavy (non-hydrogen) atoms. The van der Waals surface area contributed by atoms with Crippen molar-refractivity contribution in [2.75, 3.05) is 11.9 Å². The van der Waals surface area contributed by atoms with Gasteiger partial charge in [0.1, 0.15) is 5.75 Å². The molecule has 3 nitrogen and oxygen atoms in total. The van der Waals surface area contributed by atoms with Crippen molar-refractivity contribution in [1.29, 1.82) is 0 Å². The molecule has 0 spiro atoms. The Morgan fingerprint density at radius 1 is 0.808 bits per heavy atom. The molecule has 0 aliphatic rings. The van der Waals surface area contributed by atoms with E-state index in [-0.39, 0.29) is 12.5 Å². The van der Waals surface area contributed by atoms with Crippen molar-refractivity contribution in [1.82, 2.24) is 0 Å².